The highest BCUT2D eigenvalue weighted by molar-refractivity contribution is 5.81. The van der Waals surface area contributed by atoms with Gasteiger partial charge in [0.05, 0.1) is 0 Å². The number of hydrogen-bond donors (Lipinski definition) is 3. The third-order valence-electron chi connectivity index (χ3n) is 4.55. The van der Waals surface area contributed by atoms with Crippen molar-refractivity contribution in [3.63, 3.8) is 0 Å². The smallest absolute Gasteiger partial charge is 0.221 e. The highest BCUT2D eigenvalue weighted by Crippen LogP contribution is 2.41. The van der Waals surface area contributed by atoms with Crippen molar-refractivity contribution in [2.24, 2.45) is 10.4 Å². The molecule has 5 nitrogen and oxygen atoms in total. The molecule has 1 saturated carbocycles. The molecule has 0 radical (unpaired) electrons. The summed E-state index contributed by atoms with van der Waals surface area (Å²) < 4.78 is 0. The van der Waals surface area contributed by atoms with Crippen LogP contribution in [0.25, 0.3) is 0 Å². The summed E-state index contributed by atoms with van der Waals surface area (Å²) in [5.41, 5.74) is 0.404. The molecule has 5 heteroatoms. The summed E-state index contributed by atoms with van der Waals surface area (Å²) in [5, 5.41) is 9.43. The number of nitrogens with one attached hydrogen (secondary N) is 3. The normalized spacial score (nSPS) is 17.3. The topological polar surface area (TPSA) is 65.5 Å². The molecule has 1 aliphatic carbocycles. The van der Waals surface area contributed by atoms with Crippen LogP contribution in [0, 0.1) is 5.41 Å². The van der Waals surface area contributed by atoms with Gasteiger partial charge in [-0.3, -0.25) is 9.79 Å². The van der Waals surface area contributed by atoms with E-state index < -0.39 is 0 Å². The fourth-order valence-electron chi connectivity index (χ4n) is 2.98. The van der Waals surface area contributed by atoms with Gasteiger partial charge in [-0.05, 0) is 38.0 Å². The SMILES string of the molecule is CCCNC(=O)CCNC(=NCC1(CC)CCCC1)NCC. The number of amides is 1. The van der Waals surface area contributed by atoms with Crippen LogP contribution in [0.15, 0.2) is 4.99 Å². The lowest BCUT2D eigenvalue weighted by atomic mass is 9.84. The second-order valence-corrected chi connectivity index (χ2v) is 6.28. The summed E-state index contributed by atoms with van der Waals surface area (Å²) in [7, 11) is 0. The van der Waals surface area contributed by atoms with Crippen molar-refractivity contribution in [2.45, 2.75) is 65.7 Å². The minimum absolute atomic E-state index is 0.103. The van der Waals surface area contributed by atoms with Gasteiger partial charge in [-0.15, -0.1) is 0 Å². The van der Waals surface area contributed by atoms with E-state index in [0.717, 1.165) is 32.0 Å². The molecule has 1 aliphatic rings. The average molecular weight is 310 g/mol. The van der Waals surface area contributed by atoms with E-state index in [9.17, 15) is 4.79 Å². The van der Waals surface area contributed by atoms with Crippen molar-refractivity contribution in [2.75, 3.05) is 26.2 Å². The van der Waals surface area contributed by atoms with Crippen LogP contribution in [0.4, 0.5) is 0 Å². The lowest BCUT2D eigenvalue weighted by molar-refractivity contribution is -0.120. The Morgan fingerprint density at radius 2 is 1.77 bits per heavy atom. The van der Waals surface area contributed by atoms with E-state index in [0.29, 0.717) is 18.4 Å². The first-order chi connectivity index (χ1) is 10.7. The fourth-order valence-corrected chi connectivity index (χ4v) is 2.98. The van der Waals surface area contributed by atoms with Crippen LogP contribution in [0.3, 0.4) is 0 Å². The number of nitrogens with zero attached hydrogens (tertiary/aromatic N) is 1. The maximum atomic E-state index is 11.6. The Hall–Kier alpha value is -1.26. The highest BCUT2D eigenvalue weighted by Gasteiger charge is 2.31. The van der Waals surface area contributed by atoms with Crippen molar-refractivity contribution < 1.29 is 4.79 Å². The first-order valence-corrected chi connectivity index (χ1v) is 8.94. The van der Waals surface area contributed by atoms with Crippen LogP contribution in [0.2, 0.25) is 0 Å². The average Bonchev–Trinajstić information content (AvgIpc) is 3.00. The van der Waals surface area contributed by atoms with Crippen LogP contribution in [0.1, 0.15) is 65.7 Å². The lowest BCUT2D eigenvalue weighted by Crippen LogP contribution is -2.40. The molecule has 0 aromatic heterocycles. The number of hydrogen-bond acceptors (Lipinski definition) is 2. The Labute approximate surface area is 135 Å². The van der Waals surface area contributed by atoms with E-state index >= 15 is 0 Å². The zero-order valence-electron chi connectivity index (χ0n) is 14.6. The third kappa shape index (κ3) is 6.67. The number of rotatable bonds is 9. The quantitative estimate of drug-likeness (QED) is 0.453. The van der Waals surface area contributed by atoms with Gasteiger partial charge in [0.2, 0.25) is 5.91 Å². The number of guanidine groups is 1. The predicted molar refractivity (Wildman–Crippen MR) is 93.1 cm³/mol. The molecule has 1 fully saturated rings. The van der Waals surface area contributed by atoms with Crippen molar-refractivity contribution in [1.29, 1.82) is 0 Å². The molecule has 3 N–H and O–H groups in total. The van der Waals surface area contributed by atoms with Crippen molar-refractivity contribution in [3.05, 3.63) is 0 Å². The maximum absolute atomic E-state index is 11.6. The lowest BCUT2D eigenvalue weighted by Gasteiger charge is -2.25. The van der Waals surface area contributed by atoms with E-state index in [2.05, 4.69) is 36.7 Å². The van der Waals surface area contributed by atoms with Crippen molar-refractivity contribution in [1.82, 2.24) is 16.0 Å². The predicted octanol–water partition coefficient (Wildman–Crippen LogP) is 2.43. The minimum Gasteiger partial charge on any atom is -0.357 e. The third-order valence-corrected chi connectivity index (χ3v) is 4.55. The van der Waals surface area contributed by atoms with Crippen LogP contribution >= 0.6 is 0 Å². The zero-order chi connectivity index (χ0) is 16.3. The molecule has 0 aliphatic heterocycles. The molecule has 22 heavy (non-hydrogen) atoms. The highest BCUT2D eigenvalue weighted by atomic mass is 16.1. The van der Waals surface area contributed by atoms with Crippen LogP contribution in [0.5, 0.6) is 0 Å². The molecule has 0 aromatic carbocycles. The molecular formula is C17H34N4O. The van der Waals surface area contributed by atoms with E-state index in [4.69, 9.17) is 4.99 Å². The zero-order valence-corrected chi connectivity index (χ0v) is 14.6. The van der Waals surface area contributed by atoms with Gasteiger partial charge in [-0.1, -0.05) is 26.7 Å². The van der Waals surface area contributed by atoms with Crippen LogP contribution in [-0.2, 0) is 4.79 Å². The standard InChI is InChI=1S/C17H34N4O/c1-4-12-19-15(22)9-13-20-16(18-6-3)21-14-17(5-2)10-7-8-11-17/h4-14H2,1-3H3,(H,19,22)(H2,18,20,21). The second kappa shape index (κ2) is 10.5. The molecular weight excluding hydrogens is 276 g/mol. The molecule has 1 amide bonds. The Bertz CT molecular complexity index is 349. The van der Waals surface area contributed by atoms with Crippen molar-refractivity contribution >= 4 is 11.9 Å². The summed E-state index contributed by atoms with van der Waals surface area (Å²) in [4.78, 5) is 16.4. The van der Waals surface area contributed by atoms with Crippen molar-refractivity contribution in [3.8, 4) is 0 Å². The maximum Gasteiger partial charge on any atom is 0.221 e. The van der Waals surface area contributed by atoms with Gasteiger partial charge in [0, 0.05) is 32.6 Å². The van der Waals surface area contributed by atoms with Gasteiger partial charge in [-0.2, -0.15) is 0 Å². The fraction of sp³-hybridized carbons (Fsp3) is 0.882. The van der Waals surface area contributed by atoms with Crippen LogP contribution < -0.4 is 16.0 Å². The van der Waals surface area contributed by atoms with E-state index in [1.165, 1.54) is 32.1 Å². The van der Waals surface area contributed by atoms with E-state index in [1.54, 1.807) is 0 Å². The van der Waals surface area contributed by atoms with Gasteiger partial charge in [0.15, 0.2) is 5.96 Å². The van der Waals surface area contributed by atoms with Gasteiger partial charge in [-0.25, -0.2) is 0 Å². The molecule has 0 heterocycles. The molecule has 0 spiro atoms. The molecule has 0 saturated heterocycles. The molecule has 0 aromatic rings. The Morgan fingerprint density at radius 3 is 2.36 bits per heavy atom. The van der Waals surface area contributed by atoms with Gasteiger partial charge in [0.25, 0.3) is 0 Å². The molecule has 0 atom stereocenters. The van der Waals surface area contributed by atoms with Gasteiger partial charge >= 0.3 is 0 Å². The van der Waals surface area contributed by atoms with E-state index in [-0.39, 0.29) is 5.91 Å². The minimum atomic E-state index is 0.103. The van der Waals surface area contributed by atoms with Gasteiger partial charge < -0.3 is 16.0 Å². The summed E-state index contributed by atoms with van der Waals surface area (Å²) in [6, 6.07) is 0. The monoisotopic (exact) mass is 310 g/mol. The summed E-state index contributed by atoms with van der Waals surface area (Å²) >= 11 is 0. The number of carbonyl (C=O) groups is 1. The summed E-state index contributed by atoms with van der Waals surface area (Å²) in [6.45, 7) is 9.51. The Kier molecular flexibility index (Phi) is 8.94. The van der Waals surface area contributed by atoms with E-state index in [1.807, 2.05) is 0 Å². The molecule has 0 unspecified atom stereocenters. The molecule has 1 rings (SSSR count). The Morgan fingerprint density at radius 1 is 1.05 bits per heavy atom. The first kappa shape index (κ1) is 18.8. The van der Waals surface area contributed by atoms with Gasteiger partial charge in [0.1, 0.15) is 0 Å². The number of carbonyl (C=O) groups excluding carboxylic acids is 1. The summed E-state index contributed by atoms with van der Waals surface area (Å²) in [5.74, 6) is 0.941. The molecule has 128 valence electrons. The molecule has 0 bridgehead atoms. The largest absolute Gasteiger partial charge is 0.357 e. The Balaban J connectivity index is 2.40. The second-order valence-electron chi connectivity index (χ2n) is 6.28. The summed E-state index contributed by atoms with van der Waals surface area (Å²) in [6.07, 6.45) is 7.94. The number of aliphatic imine (C=N–C) groups is 1. The van der Waals surface area contributed by atoms with Crippen LogP contribution in [-0.4, -0.2) is 38.0 Å². The first-order valence-electron chi connectivity index (χ1n) is 8.94.